The Hall–Kier alpha value is -0.810. The predicted molar refractivity (Wildman–Crippen MR) is 66.1 cm³/mol. The van der Waals surface area contributed by atoms with Crippen molar-refractivity contribution >= 4 is 27.3 Å². The number of rotatable bonds is 2. The number of nitrogens with two attached hydrogens (primary N) is 1. The zero-order valence-electron chi connectivity index (χ0n) is 9.04. The van der Waals surface area contributed by atoms with E-state index < -0.39 is 0 Å². The van der Waals surface area contributed by atoms with Gasteiger partial charge in [0.1, 0.15) is 5.82 Å². The number of halogens is 2. The van der Waals surface area contributed by atoms with Crippen molar-refractivity contribution in [3.8, 4) is 0 Å². The summed E-state index contributed by atoms with van der Waals surface area (Å²) >= 11 is 3.27. The monoisotopic (exact) mass is 288 g/mol. The van der Waals surface area contributed by atoms with E-state index in [-0.39, 0.29) is 17.6 Å². The molecule has 88 valence electrons. The minimum absolute atomic E-state index is 0.208. The van der Waals surface area contributed by atoms with Gasteiger partial charge in [-0.25, -0.2) is 4.39 Å². The van der Waals surface area contributed by atoms with E-state index in [1.54, 1.807) is 7.11 Å². The van der Waals surface area contributed by atoms with Gasteiger partial charge in [0.05, 0.1) is 17.5 Å². The van der Waals surface area contributed by atoms with Crippen molar-refractivity contribution in [2.24, 2.45) is 0 Å². The minimum Gasteiger partial charge on any atom is -0.395 e. The fourth-order valence-electron chi connectivity index (χ4n) is 1.97. The van der Waals surface area contributed by atoms with Gasteiger partial charge in [0.15, 0.2) is 0 Å². The predicted octanol–water partition coefficient (Wildman–Crippen LogP) is 2.40. The summed E-state index contributed by atoms with van der Waals surface area (Å²) < 4.78 is 19.4. The van der Waals surface area contributed by atoms with Gasteiger partial charge in [0.2, 0.25) is 0 Å². The standard InChI is InChI=1S/C11H14BrFN2O/c1-16-8-2-3-15(6-8)10-5-7(12)4-9(13)11(10)14/h4-5,8H,2-3,6,14H2,1H3. The molecular formula is C11H14BrFN2O. The largest absolute Gasteiger partial charge is 0.395 e. The molecule has 0 radical (unpaired) electrons. The molecule has 2 N–H and O–H groups in total. The number of hydrogen-bond donors (Lipinski definition) is 1. The highest BCUT2D eigenvalue weighted by molar-refractivity contribution is 9.10. The molecule has 1 atom stereocenters. The van der Waals surface area contributed by atoms with Crippen LogP contribution in [0.25, 0.3) is 0 Å². The summed E-state index contributed by atoms with van der Waals surface area (Å²) in [5.74, 6) is -0.384. The van der Waals surface area contributed by atoms with Gasteiger partial charge >= 0.3 is 0 Å². The third-order valence-electron chi connectivity index (χ3n) is 2.89. The van der Waals surface area contributed by atoms with E-state index in [2.05, 4.69) is 20.8 Å². The van der Waals surface area contributed by atoms with Gasteiger partial charge in [-0.15, -0.1) is 0 Å². The molecule has 0 saturated carbocycles. The summed E-state index contributed by atoms with van der Waals surface area (Å²) in [6, 6.07) is 3.22. The molecule has 0 aromatic heterocycles. The first-order valence-corrected chi connectivity index (χ1v) is 5.93. The molecule has 0 spiro atoms. The van der Waals surface area contributed by atoms with Gasteiger partial charge in [-0.3, -0.25) is 0 Å². The van der Waals surface area contributed by atoms with Crippen molar-refractivity contribution in [1.29, 1.82) is 0 Å². The molecule has 5 heteroatoms. The molecule has 1 unspecified atom stereocenters. The molecular weight excluding hydrogens is 275 g/mol. The van der Waals surface area contributed by atoms with Crippen molar-refractivity contribution in [3.63, 3.8) is 0 Å². The molecule has 2 rings (SSSR count). The lowest BCUT2D eigenvalue weighted by molar-refractivity contribution is 0.121. The Morgan fingerprint density at radius 1 is 1.56 bits per heavy atom. The lowest BCUT2D eigenvalue weighted by atomic mass is 10.2. The van der Waals surface area contributed by atoms with Crippen LogP contribution < -0.4 is 10.6 Å². The van der Waals surface area contributed by atoms with Crippen LogP contribution >= 0.6 is 15.9 Å². The van der Waals surface area contributed by atoms with Gasteiger partial charge < -0.3 is 15.4 Å². The summed E-state index contributed by atoms with van der Waals surface area (Å²) in [5, 5.41) is 0. The molecule has 1 aliphatic heterocycles. The topological polar surface area (TPSA) is 38.5 Å². The Kier molecular flexibility index (Phi) is 3.35. The Labute approximate surface area is 102 Å². The zero-order valence-corrected chi connectivity index (χ0v) is 10.6. The molecule has 1 heterocycles. The van der Waals surface area contributed by atoms with Gasteiger partial charge in [-0.05, 0) is 18.6 Å². The summed E-state index contributed by atoms with van der Waals surface area (Å²) in [7, 11) is 1.69. The molecule has 1 aliphatic rings. The minimum atomic E-state index is -0.384. The van der Waals surface area contributed by atoms with Crippen LogP contribution in [0.3, 0.4) is 0 Å². The Bertz CT molecular complexity index is 400. The summed E-state index contributed by atoms with van der Waals surface area (Å²) in [6.07, 6.45) is 1.16. The van der Waals surface area contributed by atoms with E-state index in [1.165, 1.54) is 6.07 Å². The van der Waals surface area contributed by atoms with Crippen LogP contribution in [0, 0.1) is 5.82 Å². The maximum Gasteiger partial charge on any atom is 0.149 e. The fraction of sp³-hybridized carbons (Fsp3) is 0.455. The van der Waals surface area contributed by atoms with Crippen molar-refractivity contribution in [3.05, 3.63) is 22.4 Å². The number of hydrogen-bond acceptors (Lipinski definition) is 3. The first kappa shape index (κ1) is 11.7. The van der Waals surface area contributed by atoms with E-state index in [9.17, 15) is 4.39 Å². The second kappa shape index (κ2) is 4.59. The first-order valence-electron chi connectivity index (χ1n) is 5.14. The highest BCUT2D eigenvalue weighted by Crippen LogP contribution is 2.32. The van der Waals surface area contributed by atoms with Gasteiger partial charge in [0, 0.05) is 24.7 Å². The fourth-order valence-corrected chi connectivity index (χ4v) is 2.39. The number of ether oxygens (including phenoxy) is 1. The third kappa shape index (κ3) is 2.15. The van der Waals surface area contributed by atoms with Crippen LogP contribution in [0.4, 0.5) is 15.8 Å². The van der Waals surface area contributed by atoms with Crippen molar-refractivity contribution in [2.75, 3.05) is 30.8 Å². The number of nitrogen functional groups attached to an aromatic ring is 1. The maximum absolute atomic E-state index is 13.5. The van der Waals surface area contributed by atoms with Crippen LogP contribution in [0.1, 0.15) is 6.42 Å². The van der Waals surface area contributed by atoms with E-state index in [4.69, 9.17) is 10.5 Å². The quantitative estimate of drug-likeness (QED) is 0.850. The second-order valence-electron chi connectivity index (χ2n) is 3.91. The number of benzene rings is 1. The normalized spacial score (nSPS) is 20.4. The van der Waals surface area contributed by atoms with E-state index >= 15 is 0 Å². The Balaban J connectivity index is 2.27. The van der Waals surface area contributed by atoms with Crippen molar-refractivity contribution in [2.45, 2.75) is 12.5 Å². The van der Waals surface area contributed by atoms with Crippen LogP contribution in [-0.2, 0) is 4.74 Å². The van der Waals surface area contributed by atoms with Crippen LogP contribution in [0.5, 0.6) is 0 Å². The molecule has 16 heavy (non-hydrogen) atoms. The molecule has 3 nitrogen and oxygen atoms in total. The lowest BCUT2D eigenvalue weighted by Crippen LogP contribution is -2.23. The molecule has 0 aliphatic carbocycles. The SMILES string of the molecule is COC1CCN(c2cc(Br)cc(F)c2N)C1. The average Bonchev–Trinajstić information content (AvgIpc) is 2.71. The molecule has 0 bridgehead atoms. The third-order valence-corrected chi connectivity index (χ3v) is 3.35. The van der Waals surface area contributed by atoms with Gasteiger partial charge in [-0.1, -0.05) is 15.9 Å². The molecule has 1 fully saturated rings. The zero-order chi connectivity index (χ0) is 11.7. The van der Waals surface area contributed by atoms with Crippen LogP contribution in [0.15, 0.2) is 16.6 Å². The Morgan fingerprint density at radius 3 is 2.94 bits per heavy atom. The molecule has 0 amide bonds. The van der Waals surface area contributed by atoms with Crippen molar-refractivity contribution < 1.29 is 9.13 Å². The van der Waals surface area contributed by atoms with Gasteiger partial charge in [-0.2, -0.15) is 0 Å². The smallest absolute Gasteiger partial charge is 0.149 e. The second-order valence-corrected chi connectivity index (χ2v) is 4.83. The number of anilines is 2. The maximum atomic E-state index is 13.5. The summed E-state index contributed by atoms with van der Waals surface area (Å²) in [4.78, 5) is 2.05. The molecule has 1 aromatic rings. The van der Waals surface area contributed by atoms with Crippen molar-refractivity contribution in [1.82, 2.24) is 0 Å². The van der Waals surface area contributed by atoms with Crippen LogP contribution in [0.2, 0.25) is 0 Å². The van der Waals surface area contributed by atoms with E-state index in [0.29, 0.717) is 4.47 Å². The first-order chi connectivity index (χ1) is 7.61. The molecule has 1 aromatic carbocycles. The van der Waals surface area contributed by atoms with E-state index in [1.807, 2.05) is 6.07 Å². The summed E-state index contributed by atoms with van der Waals surface area (Å²) in [6.45, 7) is 1.61. The molecule has 1 saturated heterocycles. The highest BCUT2D eigenvalue weighted by atomic mass is 79.9. The van der Waals surface area contributed by atoms with Gasteiger partial charge in [0.25, 0.3) is 0 Å². The summed E-state index contributed by atoms with van der Waals surface area (Å²) in [5.41, 5.74) is 6.69. The highest BCUT2D eigenvalue weighted by Gasteiger charge is 2.24. The van der Waals surface area contributed by atoms with Crippen LogP contribution in [-0.4, -0.2) is 26.3 Å². The number of methoxy groups -OCH3 is 1. The average molecular weight is 289 g/mol. The van der Waals surface area contributed by atoms with E-state index in [0.717, 1.165) is 25.2 Å². The lowest BCUT2D eigenvalue weighted by Gasteiger charge is -2.20. The number of nitrogens with zero attached hydrogens (tertiary/aromatic N) is 1. The Morgan fingerprint density at radius 2 is 2.31 bits per heavy atom.